The van der Waals surface area contributed by atoms with Crippen molar-refractivity contribution in [1.29, 1.82) is 0 Å². The van der Waals surface area contributed by atoms with Crippen LogP contribution in [0.5, 0.6) is 17.2 Å². The number of carbonyl (C=O) groups excluding carboxylic acids is 1. The van der Waals surface area contributed by atoms with Gasteiger partial charge in [0.2, 0.25) is 0 Å². The summed E-state index contributed by atoms with van der Waals surface area (Å²) < 4.78 is 17.7. The first kappa shape index (κ1) is 26.1. The number of anilines is 1. The predicted molar refractivity (Wildman–Crippen MR) is 148 cm³/mol. The van der Waals surface area contributed by atoms with Gasteiger partial charge in [0.1, 0.15) is 29.5 Å². The number of aliphatic hydroxyl groups is 1. The van der Waals surface area contributed by atoms with Gasteiger partial charge in [-0.2, -0.15) is 5.10 Å². The Bertz CT molecular complexity index is 1610. The van der Waals surface area contributed by atoms with Crippen LogP contribution in [0.4, 0.5) is 5.82 Å². The van der Waals surface area contributed by atoms with Gasteiger partial charge >= 0.3 is 0 Å². The molecule has 0 aliphatic heterocycles. The first-order valence-electron chi connectivity index (χ1n) is 12.1. The zero-order valence-corrected chi connectivity index (χ0v) is 22.0. The van der Waals surface area contributed by atoms with Gasteiger partial charge in [0.05, 0.1) is 43.4 Å². The Kier molecular flexibility index (Phi) is 7.67. The number of carbonyl (C=O) groups is 1. The quantitative estimate of drug-likeness (QED) is 0.230. The topological polar surface area (TPSA) is 124 Å². The highest BCUT2D eigenvalue weighted by atomic mass is 35.5. The molecule has 200 valence electrons. The number of fused-ring (bicyclic) bond motifs is 1. The van der Waals surface area contributed by atoms with Crippen LogP contribution < -0.4 is 19.5 Å². The molecule has 10 nitrogen and oxygen atoms in total. The summed E-state index contributed by atoms with van der Waals surface area (Å²) >= 11 is 6.26. The monoisotopic (exact) mass is 547 g/mol. The minimum absolute atomic E-state index is 0.105. The molecule has 3 N–H and O–H groups in total. The Balaban J connectivity index is 1.46. The van der Waals surface area contributed by atoms with E-state index >= 15 is 0 Å². The summed E-state index contributed by atoms with van der Waals surface area (Å²) in [5.41, 5.74) is 3.58. The van der Waals surface area contributed by atoms with E-state index in [-0.39, 0.29) is 24.1 Å². The molecule has 11 heteroatoms. The number of H-pyrrole nitrogens is 1. The second kappa shape index (κ2) is 11.5. The summed E-state index contributed by atoms with van der Waals surface area (Å²) in [5.74, 6) is 2.40. The lowest BCUT2D eigenvalue weighted by Crippen LogP contribution is -2.13. The van der Waals surface area contributed by atoms with Crippen LogP contribution in [0, 0.1) is 0 Å². The minimum Gasteiger partial charge on any atom is -0.497 e. The van der Waals surface area contributed by atoms with Gasteiger partial charge in [-0.05, 0) is 48.0 Å². The third-order valence-corrected chi connectivity index (χ3v) is 6.28. The molecule has 0 unspecified atom stereocenters. The maximum absolute atomic E-state index is 13.0. The Morgan fingerprint density at radius 1 is 1.03 bits per heavy atom. The molecule has 2 aromatic heterocycles. The number of aromatic amines is 1. The highest BCUT2D eigenvalue weighted by Gasteiger charge is 2.18. The SMILES string of the molecule is COc1ccc(Cn2nc(NC(=O)c3ccc(OCCO)c(Cl)c3)cc2-c2nc3ccc(OC)cc3[nH]2)cc1. The lowest BCUT2D eigenvalue weighted by Gasteiger charge is -2.08. The maximum atomic E-state index is 13.0. The Labute approximate surface area is 229 Å². The average molecular weight is 548 g/mol. The molecule has 0 aliphatic carbocycles. The number of benzene rings is 3. The molecular formula is C28H26ClN5O5. The molecule has 0 saturated carbocycles. The Morgan fingerprint density at radius 3 is 2.51 bits per heavy atom. The number of halogens is 1. The summed E-state index contributed by atoms with van der Waals surface area (Å²) in [5, 5.41) is 16.7. The number of hydrogen-bond acceptors (Lipinski definition) is 7. The summed E-state index contributed by atoms with van der Waals surface area (Å²) in [6.07, 6.45) is 0. The van der Waals surface area contributed by atoms with E-state index in [9.17, 15) is 4.79 Å². The van der Waals surface area contributed by atoms with Crippen molar-refractivity contribution in [2.24, 2.45) is 0 Å². The van der Waals surface area contributed by atoms with E-state index in [1.54, 1.807) is 37.1 Å². The largest absolute Gasteiger partial charge is 0.497 e. The van der Waals surface area contributed by atoms with Crippen LogP contribution in [-0.2, 0) is 6.54 Å². The molecule has 5 rings (SSSR count). The first-order chi connectivity index (χ1) is 19.0. The van der Waals surface area contributed by atoms with Crippen molar-refractivity contribution in [1.82, 2.24) is 19.7 Å². The second-order valence-electron chi connectivity index (χ2n) is 8.56. The summed E-state index contributed by atoms with van der Waals surface area (Å²) in [4.78, 5) is 21.1. The van der Waals surface area contributed by atoms with E-state index in [4.69, 9.17) is 35.9 Å². The van der Waals surface area contributed by atoms with E-state index in [1.807, 2.05) is 42.5 Å². The van der Waals surface area contributed by atoms with Crippen LogP contribution in [0.15, 0.2) is 66.7 Å². The van der Waals surface area contributed by atoms with Crippen LogP contribution in [-0.4, -0.2) is 58.2 Å². The fraction of sp³-hybridized carbons (Fsp3) is 0.179. The molecule has 0 spiro atoms. The number of nitrogens with zero attached hydrogens (tertiary/aromatic N) is 3. The third-order valence-electron chi connectivity index (χ3n) is 5.99. The average Bonchev–Trinajstić information content (AvgIpc) is 3.55. The van der Waals surface area contributed by atoms with Crippen LogP contribution >= 0.6 is 11.6 Å². The van der Waals surface area contributed by atoms with Gasteiger partial charge in [-0.1, -0.05) is 23.7 Å². The van der Waals surface area contributed by atoms with E-state index in [1.165, 1.54) is 6.07 Å². The zero-order chi connectivity index (χ0) is 27.4. The molecule has 0 fully saturated rings. The summed E-state index contributed by atoms with van der Waals surface area (Å²) in [6.45, 7) is 0.394. The maximum Gasteiger partial charge on any atom is 0.256 e. The summed E-state index contributed by atoms with van der Waals surface area (Å²) in [7, 11) is 3.23. The number of amides is 1. The van der Waals surface area contributed by atoms with Crippen molar-refractivity contribution in [3.63, 3.8) is 0 Å². The van der Waals surface area contributed by atoms with Crippen LogP contribution in [0.3, 0.4) is 0 Å². The fourth-order valence-corrected chi connectivity index (χ4v) is 4.27. The number of hydrogen-bond donors (Lipinski definition) is 3. The van der Waals surface area contributed by atoms with Crippen LogP contribution in [0.1, 0.15) is 15.9 Å². The number of ether oxygens (including phenoxy) is 3. The molecule has 0 saturated heterocycles. The number of imidazole rings is 1. The third kappa shape index (κ3) is 5.82. The number of rotatable bonds is 10. The molecule has 0 radical (unpaired) electrons. The Morgan fingerprint density at radius 2 is 1.79 bits per heavy atom. The standard InChI is InChI=1S/C28H26ClN5O5/c1-37-19-6-3-17(4-7-19)16-34-24(27-30-22-9-8-20(38-2)14-23(22)31-27)15-26(33-34)32-28(36)18-5-10-25(21(29)13-18)39-12-11-35/h3-10,13-15,35H,11-12,16H2,1-2H3,(H,30,31)(H,32,33,36). The molecule has 39 heavy (non-hydrogen) atoms. The molecule has 0 bridgehead atoms. The van der Waals surface area contributed by atoms with Crippen LogP contribution in [0.25, 0.3) is 22.6 Å². The van der Waals surface area contributed by atoms with Gasteiger partial charge in [0.25, 0.3) is 5.91 Å². The van der Waals surface area contributed by atoms with Gasteiger partial charge in [0.15, 0.2) is 11.6 Å². The van der Waals surface area contributed by atoms with Gasteiger partial charge in [-0.25, -0.2) is 4.98 Å². The Hall–Kier alpha value is -4.54. The summed E-state index contributed by atoms with van der Waals surface area (Å²) in [6, 6.07) is 19.7. The molecular weight excluding hydrogens is 522 g/mol. The van der Waals surface area contributed by atoms with E-state index in [2.05, 4.69) is 15.4 Å². The van der Waals surface area contributed by atoms with E-state index in [0.29, 0.717) is 40.9 Å². The minimum atomic E-state index is -0.388. The molecule has 5 aromatic rings. The number of methoxy groups -OCH3 is 2. The smallest absolute Gasteiger partial charge is 0.256 e. The predicted octanol–water partition coefficient (Wildman–Crippen LogP) is 4.77. The van der Waals surface area contributed by atoms with Gasteiger partial charge in [-0.3, -0.25) is 9.48 Å². The van der Waals surface area contributed by atoms with Crippen molar-refractivity contribution in [2.45, 2.75) is 6.54 Å². The van der Waals surface area contributed by atoms with Crippen molar-refractivity contribution in [3.8, 4) is 28.8 Å². The highest BCUT2D eigenvalue weighted by Crippen LogP contribution is 2.28. The first-order valence-corrected chi connectivity index (χ1v) is 12.4. The van der Waals surface area contributed by atoms with E-state index < -0.39 is 0 Å². The lowest BCUT2D eigenvalue weighted by molar-refractivity contribution is 0.102. The number of aliphatic hydroxyl groups excluding tert-OH is 1. The van der Waals surface area contributed by atoms with Crippen molar-refractivity contribution < 1.29 is 24.1 Å². The van der Waals surface area contributed by atoms with Crippen LogP contribution in [0.2, 0.25) is 5.02 Å². The lowest BCUT2D eigenvalue weighted by atomic mass is 10.2. The normalized spacial score (nSPS) is 11.0. The molecule has 1 amide bonds. The van der Waals surface area contributed by atoms with Crippen molar-refractivity contribution >= 4 is 34.4 Å². The number of nitrogens with one attached hydrogen (secondary N) is 2. The van der Waals surface area contributed by atoms with Gasteiger partial charge in [0, 0.05) is 17.7 Å². The van der Waals surface area contributed by atoms with Crippen molar-refractivity contribution in [2.75, 3.05) is 32.8 Å². The van der Waals surface area contributed by atoms with Gasteiger partial charge in [-0.15, -0.1) is 0 Å². The van der Waals surface area contributed by atoms with Crippen molar-refractivity contribution in [3.05, 3.63) is 82.9 Å². The van der Waals surface area contributed by atoms with Gasteiger partial charge < -0.3 is 29.6 Å². The number of aromatic nitrogens is 4. The van der Waals surface area contributed by atoms with E-state index in [0.717, 1.165) is 22.3 Å². The fourth-order valence-electron chi connectivity index (χ4n) is 4.03. The molecule has 0 aliphatic rings. The molecule has 3 aromatic carbocycles. The molecule has 2 heterocycles. The second-order valence-corrected chi connectivity index (χ2v) is 8.97. The molecule has 0 atom stereocenters. The zero-order valence-electron chi connectivity index (χ0n) is 21.3. The highest BCUT2D eigenvalue weighted by molar-refractivity contribution is 6.32.